The maximum Gasteiger partial charge on any atom is 0.338 e. The molecule has 13 nitrogen and oxygen atoms in total. The second kappa shape index (κ2) is 11.5. The van der Waals surface area contributed by atoms with E-state index in [1.165, 1.54) is 6.92 Å². The Labute approximate surface area is 294 Å². The molecule has 13 heteroatoms. The Kier molecular flexibility index (Phi) is 8.52. The highest BCUT2D eigenvalue weighted by atomic mass is 16.7. The first-order valence-corrected chi connectivity index (χ1v) is 19.0. The number of nitrogens with zero attached hydrogens (tertiary/aromatic N) is 1. The largest absolute Gasteiger partial charge is 0.456 e. The lowest BCUT2D eigenvalue weighted by Gasteiger charge is -2.64. The van der Waals surface area contributed by atoms with E-state index in [1.807, 2.05) is 13.8 Å². The van der Waals surface area contributed by atoms with Crippen LogP contribution >= 0.6 is 0 Å². The van der Waals surface area contributed by atoms with Gasteiger partial charge in [-0.3, -0.25) is 9.69 Å². The number of hydrogen-bond donors (Lipinski definition) is 7. The molecule has 284 valence electrons. The third-order valence-electron chi connectivity index (χ3n) is 15.4. The van der Waals surface area contributed by atoms with Crippen molar-refractivity contribution in [3.63, 3.8) is 0 Å². The van der Waals surface area contributed by atoms with Gasteiger partial charge in [0.25, 0.3) is 0 Å². The van der Waals surface area contributed by atoms with Crippen molar-refractivity contribution in [2.75, 3.05) is 13.1 Å². The number of hydrogen-bond acceptors (Lipinski definition) is 13. The van der Waals surface area contributed by atoms with Gasteiger partial charge in [0.1, 0.15) is 5.60 Å². The number of aliphatic hydroxyl groups excluding tert-OH is 3. The van der Waals surface area contributed by atoms with E-state index in [4.69, 9.17) is 14.2 Å². The number of aliphatic hydroxyl groups is 7. The zero-order valence-corrected chi connectivity index (χ0v) is 30.5. The van der Waals surface area contributed by atoms with Crippen molar-refractivity contribution in [3.8, 4) is 0 Å². The maximum absolute atomic E-state index is 13.5. The van der Waals surface area contributed by atoms with Crippen molar-refractivity contribution in [2.24, 2.45) is 46.8 Å². The molecule has 50 heavy (non-hydrogen) atoms. The van der Waals surface area contributed by atoms with E-state index in [1.54, 1.807) is 20.8 Å². The fraction of sp³-hybridized carbons (Fsp3) is 0.946. The molecular formula is C37H59NO12. The summed E-state index contributed by atoms with van der Waals surface area (Å²) in [6.45, 7) is 13.3. The molecule has 4 aliphatic carbocycles. The molecule has 3 aliphatic heterocycles. The standard InChI is InChI=1S/C37H59NO12/c1-8-18(4)30(42)49-29-24(39)23-19(16-38-15-17(3)10-11-21(38)34(23,7)45)20-14-35-28(36(20,29)46)26(41)25(40)27-32(35,5)13-12-22(37(27,47)50-35)48-31(43)33(6,44)9-2/h17-29,39-41,44-47H,8-16H2,1-7H3/t17-,18+,19-,20-,21-,22-,23+,24+,25-,26+,27-,28+,29-,32-,33-,34+,35+,36-,37+/m0/s1. The molecule has 0 amide bonds. The lowest BCUT2D eigenvalue weighted by Crippen LogP contribution is -2.78. The maximum atomic E-state index is 13.5. The van der Waals surface area contributed by atoms with E-state index in [9.17, 15) is 45.3 Å². The van der Waals surface area contributed by atoms with Crippen LogP contribution in [-0.4, -0.2) is 130 Å². The minimum atomic E-state index is -2.29. The Morgan fingerprint density at radius 1 is 0.980 bits per heavy atom. The smallest absolute Gasteiger partial charge is 0.338 e. The quantitative estimate of drug-likeness (QED) is 0.188. The molecule has 4 saturated carbocycles. The lowest BCUT2D eigenvalue weighted by molar-refractivity contribution is -0.301. The summed E-state index contributed by atoms with van der Waals surface area (Å²) in [4.78, 5) is 28.9. The predicted molar refractivity (Wildman–Crippen MR) is 176 cm³/mol. The van der Waals surface area contributed by atoms with Crippen LogP contribution in [0.5, 0.6) is 0 Å². The van der Waals surface area contributed by atoms with Gasteiger partial charge in [-0.2, -0.15) is 0 Å². The molecule has 7 fully saturated rings. The normalized spacial score (nSPS) is 55.5. The van der Waals surface area contributed by atoms with Gasteiger partial charge in [-0.15, -0.1) is 0 Å². The van der Waals surface area contributed by atoms with Gasteiger partial charge in [0.05, 0.1) is 47.3 Å². The van der Waals surface area contributed by atoms with Crippen molar-refractivity contribution in [1.29, 1.82) is 0 Å². The highest BCUT2D eigenvalue weighted by Gasteiger charge is 2.89. The summed E-state index contributed by atoms with van der Waals surface area (Å²) >= 11 is 0. The summed E-state index contributed by atoms with van der Waals surface area (Å²) in [6, 6.07) is -0.263. The van der Waals surface area contributed by atoms with Gasteiger partial charge in [0, 0.05) is 30.5 Å². The molecule has 19 atom stereocenters. The van der Waals surface area contributed by atoms with Crippen LogP contribution in [0.2, 0.25) is 0 Å². The van der Waals surface area contributed by atoms with Crippen LogP contribution in [0.15, 0.2) is 0 Å². The molecule has 0 aromatic carbocycles. The molecule has 7 N–H and O–H groups in total. The van der Waals surface area contributed by atoms with Gasteiger partial charge in [-0.25, -0.2) is 4.79 Å². The topological polar surface area (TPSA) is 207 Å². The Balaban J connectivity index is 1.37. The van der Waals surface area contributed by atoms with Crippen LogP contribution < -0.4 is 0 Å². The van der Waals surface area contributed by atoms with Crippen LogP contribution in [0.3, 0.4) is 0 Å². The SMILES string of the molecule is CC[C@@H](C)C(=O)O[C@H]1[C@H](O)[C@H]2[C@@H](CN3C[C@@H](C)CC[C@H]3[C@@]2(C)O)[C@@H]2C[C@]34O[C@]5(O)[C@@H](OC(=O)[C@@](C)(O)CC)CC[C@@]3(C)[C@@H]5[C@@H](O)[C@@H](O)[C@H]4[C@@]21O. The number of carbonyl (C=O) groups excluding carboxylic acids is 2. The molecule has 4 bridgehead atoms. The first kappa shape index (κ1) is 36.9. The molecule has 0 aromatic rings. The fourth-order valence-corrected chi connectivity index (χ4v) is 12.5. The molecule has 7 rings (SSSR count). The highest BCUT2D eigenvalue weighted by Crippen LogP contribution is 2.77. The average molecular weight is 710 g/mol. The number of ether oxygens (including phenoxy) is 3. The van der Waals surface area contributed by atoms with E-state index in [0.29, 0.717) is 18.9 Å². The molecule has 1 spiro atoms. The number of fused-ring (bicyclic) bond motifs is 5. The van der Waals surface area contributed by atoms with Crippen molar-refractivity contribution < 1.29 is 59.5 Å². The molecule has 0 aromatic heterocycles. The Morgan fingerprint density at radius 2 is 1.64 bits per heavy atom. The van der Waals surface area contributed by atoms with E-state index < -0.39 is 112 Å². The van der Waals surface area contributed by atoms with Crippen LogP contribution in [0.1, 0.15) is 93.4 Å². The van der Waals surface area contributed by atoms with Gasteiger partial charge >= 0.3 is 11.9 Å². The van der Waals surface area contributed by atoms with E-state index in [2.05, 4.69) is 11.8 Å². The monoisotopic (exact) mass is 709 g/mol. The third-order valence-corrected chi connectivity index (χ3v) is 15.4. The van der Waals surface area contributed by atoms with Crippen LogP contribution in [-0.2, 0) is 23.8 Å². The summed E-state index contributed by atoms with van der Waals surface area (Å²) in [6.07, 6.45) is -5.18. The first-order chi connectivity index (χ1) is 23.2. The van der Waals surface area contributed by atoms with Crippen LogP contribution in [0, 0.1) is 46.8 Å². The molecule has 3 heterocycles. The lowest BCUT2D eigenvalue weighted by atomic mass is 9.48. The summed E-state index contributed by atoms with van der Waals surface area (Å²) in [7, 11) is 0. The second-order valence-corrected chi connectivity index (χ2v) is 18.1. The van der Waals surface area contributed by atoms with Crippen LogP contribution in [0.25, 0.3) is 0 Å². The van der Waals surface area contributed by atoms with Crippen LogP contribution in [0.4, 0.5) is 0 Å². The Hall–Kier alpha value is -1.42. The van der Waals surface area contributed by atoms with Crippen molar-refractivity contribution in [1.82, 2.24) is 4.90 Å². The van der Waals surface area contributed by atoms with E-state index >= 15 is 0 Å². The van der Waals surface area contributed by atoms with Gasteiger partial charge in [0.2, 0.25) is 5.79 Å². The number of piperidine rings is 2. The van der Waals surface area contributed by atoms with Crippen molar-refractivity contribution in [2.45, 2.75) is 158 Å². The zero-order valence-electron chi connectivity index (χ0n) is 30.5. The second-order valence-electron chi connectivity index (χ2n) is 18.1. The zero-order chi connectivity index (χ0) is 36.7. The summed E-state index contributed by atoms with van der Waals surface area (Å²) in [5.41, 5.74) is -8.00. The van der Waals surface area contributed by atoms with E-state index in [0.717, 1.165) is 19.4 Å². The number of rotatable bonds is 6. The summed E-state index contributed by atoms with van der Waals surface area (Å²) in [5.74, 6) is -8.72. The van der Waals surface area contributed by atoms with Gasteiger partial charge in [0.15, 0.2) is 17.8 Å². The van der Waals surface area contributed by atoms with Crippen molar-refractivity contribution in [3.05, 3.63) is 0 Å². The summed E-state index contributed by atoms with van der Waals surface area (Å²) < 4.78 is 18.7. The minimum absolute atomic E-state index is 0.0586. The molecular weight excluding hydrogens is 650 g/mol. The minimum Gasteiger partial charge on any atom is -0.456 e. The van der Waals surface area contributed by atoms with Crippen molar-refractivity contribution >= 4 is 11.9 Å². The fourth-order valence-electron chi connectivity index (χ4n) is 12.5. The van der Waals surface area contributed by atoms with Gasteiger partial charge in [-0.05, 0) is 76.5 Å². The predicted octanol–water partition coefficient (Wildman–Crippen LogP) is 0.466. The first-order valence-electron chi connectivity index (χ1n) is 19.0. The average Bonchev–Trinajstić information content (AvgIpc) is 3.36. The molecule has 7 aliphatic rings. The summed E-state index contributed by atoms with van der Waals surface area (Å²) in [5, 5.41) is 85.4. The molecule has 0 unspecified atom stereocenters. The molecule has 3 saturated heterocycles. The Bertz CT molecular complexity index is 1390. The van der Waals surface area contributed by atoms with Gasteiger partial charge in [-0.1, -0.05) is 34.6 Å². The third kappa shape index (κ3) is 4.50. The number of carbonyl (C=O) groups is 2. The van der Waals surface area contributed by atoms with E-state index in [-0.39, 0.29) is 31.7 Å². The van der Waals surface area contributed by atoms with Gasteiger partial charge < -0.3 is 50.0 Å². The molecule has 0 radical (unpaired) electrons. The highest BCUT2D eigenvalue weighted by molar-refractivity contribution is 5.79. The Morgan fingerprint density at radius 3 is 2.28 bits per heavy atom. The number of esters is 2.